The minimum atomic E-state index is -0.479. The van der Waals surface area contributed by atoms with Gasteiger partial charge >= 0.3 is 0 Å². The number of carbonyl (C=O) groups is 1. The standard InChI is InChI=1S/C12H20N2O/c1-3-4-11-5-7-14(8-6-11)12(15)10(2)9-13/h10-11H,3-8H2,1-2H3. The lowest BCUT2D eigenvalue weighted by Gasteiger charge is -2.32. The normalized spacial score (nSPS) is 19.7. The van der Waals surface area contributed by atoms with Crippen LogP contribution < -0.4 is 0 Å². The van der Waals surface area contributed by atoms with Gasteiger partial charge in [-0.05, 0) is 25.7 Å². The van der Waals surface area contributed by atoms with Crippen LogP contribution in [-0.4, -0.2) is 23.9 Å². The third kappa shape index (κ3) is 3.23. The Labute approximate surface area is 92.1 Å². The van der Waals surface area contributed by atoms with Gasteiger partial charge in [0.1, 0.15) is 5.92 Å². The van der Waals surface area contributed by atoms with E-state index < -0.39 is 5.92 Å². The van der Waals surface area contributed by atoms with Crippen LogP contribution in [0.3, 0.4) is 0 Å². The third-order valence-corrected chi connectivity index (χ3v) is 3.19. The highest BCUT2D eigenvalue weighted by Gasteiger charge is 2.25. The number of nitriles is 1. The first-order valence-electron chi connectivity index (χ1n) is 5.87. The van der Waals surface area contributed by atoms with Crippen LogP contribution >= 0.6 is 0 Å². The maximum atomic E-state index is 11.7. The highest BCUT2D eigenvalue weighted by Crippen LogP contribution is 2.22. The van der Waals surface area contributed by atoms with Gasteiger partial charge in [0.25, 0.3) is 0 Å². The van der Waals surface area contributed by atoms with Crippen LogP contribution in [0.2, 0.25) is 0 Å². The third-order valence-electron chi connectivity index (χ3n) is 3.19. The second-order valence-corrected chi connectivity index (χ2v) is 4.41. The fraction of sp³-hybridized carbons (Fsp3) is 0.833. The molecule has 0 aromatic heterocycles. The molecule has 1 rings (SSSR count). The number of amides is 1. The van der Waals surface area contributed by atoms with E-state index in [-0.39, 0.29) is 5.91 Å². The molecule has 1 unspecified atom stereocenters. The Bertz CT molecular complexity index is 249. The molecule has 1 fully saturated rings. The monoisotopic (exact) mass is 208 g/mol. The molecule has 1 heterocycles. The Morgan fingerprint density at radius 1 is 1.53 bits per heavy atom. The zero-order valence-corrected chi connectivity index (χ0v) is 9.70. The van der Waals surface area contributed by atoms with E-state index in [0.717, 1.165) is 31.8 Å². The predicted molar refractivity (Wildman–Crippen MR) is 59.0 cm³/mol. The van der Waals surface area contributed by atoms with Crippen LogP contribution in [0, 0.1) is 23.2 Å². The van der Waals surface area contributed by atoms with Gasteiger partial charge in [-0.3, -0.25) is 4.79 Å². The molecule has 1 aliphatic heterocycles. The highest BCUT2D eigenvalue weighted by atomic mass is 16.2. The summed E-state index contributed by atoms with van der Waals surface area (Å²) >= 11 is 0. The van der Waals surface area contributed by atoms with Gasteiger partial charge in [-0.15, -0.1) is 0 Å². The molecule has 0 bridgehead atoms. The van der Waals surface area contributed by atoms with Crippen molar-refractivity contribution in [2.24, 2.45) is 11.8 Å². The molecule has 0 N–H and O–H groups in total. The van der Waals surface area contributed by atoms with Crippen molar-refractivity contribution in [3.8, 4) is 6.07 Å². The summed E-state index contributed by atoms with van der Waals surface area (Å²) in [6, 6.07) is 2.01. The molecule has 0 aromatic rings. The summed E-state index contributed by atoms with van der Waals surface area (Å²) in [6.07, 6.45) is 4.72. The maximum Gasteiger partial charge on any atom is 0.239 e. The number of hydrogen-bond donors (Lipinski definition) is 0. The van der Waals surface area contributed by atoms with Crippen molar-refractivity contribution in [3.05, 3.63) is 0 Å². The van der Waals surface area contributed by atoms with Crippen molar-refractivity contribution in [2.45, 2.75) is 39.5 Å². The zero-order chi connectivity index (χ0) is 11.3. The molecule has 0 aromatic carbocycles. The van der Waals surface area contributed by atoms with E-state index in [1.54, 1.807) is 6.92 Å². The Hall–Kier alpha value is -1.04. The summed E-state index contributed by atoms with van der Waals surface area (Å²) in [7, 11) is 0. The van der Waals surface area contributed by atoms with Crippen molar-refractivity contribution in [1.82, 2.24) is 4.90 Å². The molecular formula is C12H20N2O. The second-order valence-electron chi connectivity index (χ2n) is 4.41. The molecule has 1 amide bonds. The molecular weight excluding hydrogens is 188 g/mol. The van der Waals surface area contributed by atoms with Crippen molar-refractivity contribution >= 4 is 5.91 Å². The Morgan fingerprint density at radius 3 is 2.60 bits per heavy atom. The molecule has 15 heavy (non-hydrogen) atoms. The molecule has 3 nitrogen and oxygen atoms in total. The number of hydrogen-bond acceptors (Lipinski definition) is 2. The van der Waals surface area contributed by atoms with Crippen molar-refractivity contribution in [3.63, 3.8) is 0 Å². The first-order chi connectivity index (χ1) is 7.19. The van der Waals surface area contributed by atoms with Crippen LogP contribution in [0.5, 0.6) is 0 Å². The lowest BCUT2D eigenvalue weighted by atomic mass is 9.92. The zero-order valence-electron chi connectivity index (χ0n) is 9.70. The Balaban J connectivity index is 2.37. The molecule has 0 spiro atoms. The average Bonchev–Trinajstić information content (AvgIpc) is 2.28. The number of rotatable bonds is 3. The number of nitrogens with zero attached hydrogens (tertiary/aromatic N) is 2. The SMILES string of the molecule is CCCC1CCN(C(=O)C(C)C#N)CC1. The molecule has 1 aliphatic rings. The van der Waals surface area contributed by atoms with Gasteiger partial charge in [-0.25, -0.2) is 0 Å². The van der Waals surface area contributed by atoms with Gasteiger partial charge in [0, 0.05) is 13.1 Å². The van der Waals surface area contributed by atoms with E-state index in [4.69, 9.17) is 5.26 Å². The summed E-state index contributed by atoms with van der Waals surface area (Å²) < 4.78 is 0. The van der Waals surface area contributed by atoms with Crippen LogP contribution in [0.1, 0.15) is 39.5 Å². The lowest BCUT2D eigenvalue weighted by molar-refractivity contribution is -0.134. The minimum absolute atomic E-state index is 0.00690. The summed E-state index contributed by atoms with van der Waals surface area (Å²) in [5.41, 5.74) is 0. The fourth-order valence-corrected chi connectivity index (χ4v) is 2.18. The van der Waals surface area contributed by atoms with Crippen molar-refractivity contribution in [2.75, 3.05) is 13.1 Å². The van der Waals surface area contributed by atoms with E-state index in [1.165, 1.54) is 12.8 Å². The van der Waals surface area contributed by atoms with E-state index >= 15 is 0 Å². The fourth-order valence-electron chi connectivity index (χ4n) is 2.18. The maximum absolute atomic E-state index is 11.7. The number of carbonyl (C=O) groups excluding carboxylic acids is 1. The molecule has 0 radical (unpaired) electrons. The molecule has 84 valence electrons. The minimum Gasteiger partial charge on any atom is -0.342 e. The van der Waals surface area contributed by atoms with E-state index in [9.17, 15) is 4.79 Å². The Morgan fingerprint density at radius 2 is 2.13 bits per heavy atom. The lowest BCUT2D eigenvalue weighted by Crippen LogP contribution is -2.40. The number of likely N-dealkylation sites (tertiary alicyclic amines) is 1. The quantitative estimate of drug-likeness (QED) is 0.713. The molecule has 0 saturated carbocycles. The van der Waals surface area contributed by atoms with Gasteiger partial charge in [-0.1, -0.05) is 19.8 Å². The second kappa shape index (κ2) is 5.75. The van der Waals surface area contributed by atoms with E-state index in [2.05, 4.69) is 6.92 Å². The van der Waals surface area contributed by atoms with Gasteiger partial charge in [0.05, 0.1) is 6.07 Å². The van der Waals surface area contributed by atoms with Crippen molar-refractivity contribution in [1.29, 1.82) is 5.26 Å². The van der Waals surface area contributed by atoms with E-state index in [1.807, 2.05) is 11.0 Å². The van der Waals surface area contributed by atoms with Gasteiger partial charge in [-0.2, -0.15) is 5.26 Å². The first kappa shape index (κ1) is 12.0. The topological polar surface area (TPSA) is 44.1 Å². The van der Waals surface area contributed by atoms with Crippen LogP contribution in [0.15, 0.2) is 0 Å². The summed E-state index contributed by atoms with van der Waals surface area (Å²) in [5, 5.41) is 8.67. The molecule has 3 heteroatoms. The van der Waals surface area contributed by atoms with E-state index in [0.29, 0.717) is 0 Å². The summed E-state index contributed by atoms with van der Waals surface area (Å²) in [4.78, 5) is 13.5. The Kier molecular flexibility index (Phi) is 4.61. The van der Waals surface area contributed by atoms with Gasteiger partial charge < -0.3 is 4.90 Å². The van der Waals surface area contributed by atoms with Gasteiger partial charge in [0.15, 0.2) is 0 Å². The largest absolute Gasteiger partial charge is 0.342 e. The smallest absolute Gasteiger partial charge is 0.239 e. The van der Waals surface area contributed by atoms with Gasteiger partial charge in [0.2, 0.25) is 5.91 Å². The van der Waals surface area contributed by atoms with Crippen LogP contribution in [0.25, 0.3) is 0 Å². The molecule has 1 saturated heterocycles. The predicted octanol–water partition coefficient (Wildman–Crippen LogP) is 2.18. The first-order valence-corrected chi connectivity index (χ1v) is 5.87. The molecule has 0 aliphatic carbocycles. The van der Waals surface area contributed by atoms with Crippen LogP contribution in [0.4, 0.5) is 0 Å². The summed E-state index contributed by atoms with van der Waals surface area (Å²) in [6.45, 7) is 5.57. The average molecular weight is 208 g/mol. The van der Waals surface area contributed by atoms with Crippen molar-refractivity contribution < 1.29 is 4.79 Å². The van der Waals surface area contributed by atoms with Crippen LogP contribution in [-0.2, 0) is 4.79 Å². The number of piperidine rings is 1. The molecule has 1 atom stereocenters. The summed E-state index contributed by atoms with van der Waals surface area (Å²) in [5.74, 6) is 0.316. The highest BCUT2D eigenvalue weighted by molar-refractivity contribution is 5.80.